The Morgan fingerprint density at radius 1 is 1.03 bits per heavy atom. The van der Waals surface area contributed by atoms with Gasteiger partial charge in [0.15, 0.2) is 9.84 Å². The molecule has 0 radical (unpaired) electrons. The van der Waals surface area contributed by atoms with E-state index in [2.05, 4.69) is 44.2 Å². The summed E-state index contributed by atoms with van der Waals surface area (Å²) in [5.74, 6) is 0.876. The summed E-state index contributed by atoms with van der Waals surface area (Å²) in [6, 6.07) is 14.3. The highest BCUT2D eigenvalue weighted by Crippen LogP contribution is 2.51. The van der Waals surface area contributed by atoms with Crippen molar-refractivity contribution in [2.75, 3.05) is 31.9 Å². The van der Waals surface area contributed by atoms with Gasteiger partial charge in [-0.2, -0.15) is 0 Å². The van der Waals surface area contributed by atoms with Gasteiger partial charge >= 0.3 is 0 Å². The second-order valence-electron chi connectivity index (χ2n) is 9.59. The third-order valence-electron chi connectivity index (χ3n) is 6.96. The Hall–Kier alpha value is -2.01. The number of fused-ring (bicyclic) bond motifs is 1. The number of unbranched alkanes of at least 4 members (excludes halogenated alkanes) is 2. The van der Waals surface area contributed by atoms with Crippen molar-refractivity contribution < 1.29 is 13.2 Å². The van der Waals surface area contributed by atoms with E-state index in [4.69, 9.17) is 4.74 Å². The minimum atomic E-state index is -3.46. The van der Waals surface area contributed by atoms with Gasteiger partial charge in [-0.05, 0) is 41.9 Å². The monoisotopic (exact) mass is 457 g/mol. The molecule has 4 nitrogen and oxygen atoms in total. The number of ether oxygens (including phenoxy) is 1. The van der Waals surface area contributed by atoms with Gasteiger partial charge < -0.3 is 9.64 Å². The molecule has 0 bridgehead atoms. The van der Waals surface area contributed by atoms with Crippen molar-refractivity contribution in [3.63, 3.8) is 0 Å². The minimum Gasteiger partial charge on any atom is -0.495 e. The van der Waals surface area contributed by atoms with Crippen molar-refractivity contribution in [2.45, 2.75) is 69.6 Å². The molecule has 3 rings (SSSR count). The molecule has 0 saturated heterocycles. The van der Waals surface area contributed by atoms with Crippen LogP contribution in [0.25, 0.3) is 0 Å². The van der Waals surface area contributed by atoms with Crippen LogP contribution in [0.15, 0.2) is 47.4 Å². The van der Waals surface area contributed by atoms with E-state index in [1.165, 1.54) is 5.56 Å². The lowest BCUT2D eigenvalue weighted by molar-refractivity contribution is 0.230. The number of hydrogen-bond acceptors (Lipinski definition) is 4. The van der Waals surface area contributed by atoms with Gasteiger partial charge in [0.2, 0.25) is 0 Å². The van der Waals surface area contributed by atoms with Gasteiger partial charge in [-0.3, -0.25) is 0 Å². The second kappa shape index (κ2) is 10.3. The van der Waals surface area contributed by atoms with Crippen molar-refractivity contribution in [3.05, 3.63) is 53.6 Å². The number of benzene rings is 2. The molecule has 0 aromatic heterocycles. The summed E-state index contributed by atoms with van der Waals surface area (Å²) in [4.78, 5) is 2.45. The van der Waals surface area contributed by atoms with Crippen molar-refractivity contribution in [2.24, 2.45) is 5.41 Å². The summed E-state index contributed by atoms with van der Waals surface area (Å²) in [5.41, 5.74) is 2.81. The molecular weight excluding hydrogens is 418 g/mol. The molecule has 2 aromatic rings. The molecule has 0 spiro atoms. The first-order chi connectivity index (χ1) is 15.3. The third kappa shape index (κ3) is 5.14. The fraction of sp³-hybridized carbons (Fsp3) is 0.556. The van der Waals surface area contributed by atoms with Crippen molar-refractivity contribution in [1.29, 1.82) is 0 Å². The standard InChI is InChI=1S/C27H39NO3S/c1-6-8-15-27(16-9-7-2)19-23(21-13-11-10-12-14-21)22-17-24(28(3)4)25(31-5)18-26(22)32(29,30)20-27/h10-14,17-18,23H,6-9,15-16,19-20H2,1-5H3. The van der Waals surface area contributed by atoms with Crippen LogP contribution in [-0.4, -0.2) is 35.4 Å². The zero-order valence-electron chi connectivity index (χ0n) is 20.4. The van der Waals surface area contributed by atoms with Gasteiger partial charge in [-0.25, -0.2) is 8.42 Å². The highest BCUT2D eigenvalue weighted by atomic mass is 32.2. The molecule has 1 heterocycles. The molecule has 0 fully saturated rings. The third-order valence-corrected chi connectivity index (χ3v) is 8.98. The molecule has 0 N–H and O–H groups in total. The van der Waals surface area contributed by atoms with Gasteiger partial charge in [0.1, 0.15) is 5.75 Å². The molecule has 1 atom stereocenters. The summed E-state index contributed by atoms with van der Waals surface area (Å²) >= 11 is 0. The molecule has 0 aliphatic carbocycles. The highest BCUT2D eigenvalue weighted by molar-refractivity contribution is 7.91. The predicted molar refractivity (Wildman–Crippen MR) is 134 cm³/mol. The topological polar surface area (TPSA) is 46.6 Å². The van der Waals surface area contributed by atoms with Crippen molar-refractivity contribution >= 4 is 15.5 Å². The zero-order valence-corrected chi connectivity index (χ0v) is 21.2. The van der Waals surface area contributed by atoms with Crippen molar-refractivity contribution in [1.82, 2.24) is 0 Å². The lowest BCUT2D eigenvalue weighted by atomic mass is 9.70. The van der Waals surface area contributed by atoms with Crippen LogP contribution in [0.4, 0.5) is 5.69 Å². The maximum absolute atomic E-state index is 13.9. The highest BCUT2D eigenvalue weighted by Gasteiger charge is 2.43. The van der Waals surface area contributed by atoms with Crippen LogP contribution in [-0.2, 0) is 9.84 Å². The summed E-state index contributed by atoms with van der Waals surface area (Å²) in [6.07, 6.45) is 7.05. The van der Waals surface area contributed by atoms with Crippen molar-refractivity contribution in [3.8, 4) is 5.75 Å². The van der Waals surface area contributed by atoms with Crippen LogP contribution in [0.3, 0.4) is 0 Å². The zero-order chi connectivity index (χ0) is 23.4. The average Bonchev–Trinajstić information content (AvgIpc) is 2.88. The van der Waals surface area contributed by atoms with Crippen LogP contribution < -0.4 is 9.64 Å². The molecule has 0 amide bonds. The Bertz CT molecular complexity index is 991. The SMILES string of the molecule is CCCCC1(CCCC)CC(c2ccccc2)c2cc(N(C)C)c(OC)cc2S(=O)(=O)C1. The van der Waals surface area contributed by atoms with E-state index >= 15 is 0 Å². The normalized spacial score (nSPS) is 19.1. The first kappa shape index (κ1) is 24.6. The number of hydrogen-bond donors (Lipinski definition) is 0. The maximum Gasteiger partial charge on any atom is 0.179 e. The van der Waals surface area contributed by atoms with Crippen LogP contribution in [0.2, 0.25) is 0 Å². The molecular formula is C27H39NO3S. The van der Waals surface area contributed by atoms with Gasteiger partial charge in [0, 0.05) is 26.1 Å². The fourth-order valence-electron chi connectivity index (χ4n) is 5.26. The van der Waals surface area contributed by atoms with E-state index in [9.17, 15) is 8.42 Å². The Morgan fingerprint density at radius 2 is 1.66 bits per heavy atom. The Labute approximate surface area is 194 Å². The average molecular weight is 458 g/mol. The number of anilines is 1. The molecule has 1 aliphatic heterocycles. The Balaban J connectivity index is 2.28. The molecule has 0 saturated carbocycles. The molecule has 1 unspecified atom stereocenters. The van der Waals surface area contributed by atoms with Crippen LogP contribution in [0, 0.1) is 5.41 Å². The quantitative estimate of drug-likeness (QED) is 0.435. The smallest absolute Gasteiger partial charge is 0.179 e. The number of sulfone groups is 1. The maximum atomic E-state index is 13.9. The van der Waals surface area contributed by atoms with Gasteiger partial charge in [0.25, 0.3) is 0 Å². The van der Waals surface area contributed by atoms with E-state index in [0.717, 1.165) is 56.2 Å². The fourth-order valence-corrected chi connectivity index (χ4v) is 7.48. The summed E-state index contributed by atoms with van der Waals surface area (Å²) in [6.45, 7) is 4.38. The number of rotatable bonds is 9. The largest absolute Gasteiger partial charge is 0.495 e. The molecule has 1 aliphatic rings. The summed E-state index contributed by atoms with van der Waals surface area (Å²) in [7, 11) is 2.09. The van der Waals surface area contributed by atoms with Gasteiger partial charge in [-0.15, -0.1) is 0 Å². The van der Waals surface area contributed by atoms with E-state index in [-0.39, 0.29) is 17.1 Å². The molecule has 5 heteroatoms. The summed E-state index contributed by atoms with van der Waals surface area (Å²) in [5, 5.41) is 0. The molecule has 32 heavy (non-hydrogen) atoms. The van der Waals surface area contributed by atoms with E-state index in [1.54, 1.807) is 13.2 Å². The number of methoxy groups -OCH3 is 1. The molecule has 176 valence electrons. The first-order valence-electron chi connectivity index (χ1n) is 11.9. The summed E-state index contributed by atoms with van der Waals surface area (Å²) < 4.78 is 33.4. The van der Waals surface area contributed by atoms with Gasteiger partial charge in [0.05, 0.1) is 23.4 Å². The minimum absolute atomic E-state index is 0.0433. The predicted octanol–water partition coefficient (Wildman–Crippen LogP) is 6.44. The van der Waals surface area contributed by atoms with Crippen LogP contribution in [0.5, 0.6) is 5.75 Å². The van der Waals surface area contributed by atoms with E-state index in [1.807, 2.05) is 25.1 Å². The Morgan fingerprint density at radius 3 is 2.19 bits per heavy atom. The van der Waals surface area contributed by atoms with Gasteiger partial charge in [-0.1, -0.05) is 69.9 Å². The van der Waals surface area contributed by atoms with E-state index < -0.39 is 9.84 Å². The second-order valence-corrected chi connectivity index (χ2v) is 11.5. The van der Waals surface area contributed by atoms with Crippen LogP contribution >= 0.6 is 0 Å². The Kier molecular flexibility index (Phi) is 7.92. The number of nitrogens with zero attached hydrogens (tertiary/aromatic N) is 1. The molecule has 2 aromatic carbocycles. The first-order valence-corrected chi connectivity index (χ1v) is 13.6. The van der Waals surface area contributed by atoms with Crippen LogP contribution in [0.1, 0.15) is 75.8 Å². The lowest BCUT2D eigenvalue weighted by Crippen LogP contribution is -2.30. The lowest BCUT2D eigenvalue weighted by Gasteiger charge is -2.35. The van der Waals surface area contributed by atoms with E-state index in [0.29, 0.717) is 10.6 Å².